The lowest BCUT2D eigenvalue weighted by Gasteiger charge is -2.40. The second-order valence-electron chi connectivity index (χ2n) is 5.29. The zero-order valence-corrected chi connectivity index (χ0v) is 11.2. The molecule has 1 saturated carbocycles. The average Bonchev–Trinajstić information content (AvgIpc) is 2.23. The Kier molecular flexibility index (Phi) is 3.85. The SMILES string of the molecule is Cc1cccc(C(CN)N(C)C2CCC2)c1C. The molecule has 17 heavy (non-hydrogen) atoms. The van der Waals surface area contributed by atoms with Gasteiger partial charge in [0.05, 0.1) is 0 Å². The molecule has 0 amide bonds. The van der Waals surface area contributed by atoms with Crippen LogP contribution >= 0.6 is 0 Å². The van der Waals surface area contributed by atoms with Gasteiger partial charge in [-0.05, 0) is 50.4 Å². The third-order valence-electron chi connectivity index (χ3n) is 4.37. The molecule has 1 aromatic carbocycles. The van der Waals surface area contributed by atoms with E-state index in [2.05, 4.69) is 44.0 Å². The number of likely N-dealkylation sites (N-methyl/N-ethyl adjacent to an activating group) is 1. The Labute approximate surface area is 105 Å². The molecule has 94 valence electrons. The van der Waals surface area contributed by atoms with Crippen LogP contribution in [-0.2, 0) is 0 Å². The van der Waals surface area contributed by atoms with E-state index in [-0.39, 0.29) is 0 Å². The molecule has 1 atom stereocenters. The molecule has 0 bridgehead atoms. The van der Waals surface area contributed by atoms with E-state index < -0.39 is 0 Å². The van der Waals surface area contributed by atoms with Crippen LogP contribution in [0.1, 0.15) is 42.0 Å². The molecule has 2 N–H and O–H groups in total. The zero-order valence-electron chi connectivity index (χ0n) is 11.2. The van der Waals surface area contributed by atoms with Crippen LogP contribution in [-0.4, -0.2) is 24.5 Å². The van der Waals surface area contributed by atoms with Crippen LogP contribution in [0, 0.1) is 13.8 Å². The highest BCUT2D eigenvalue weighted by Crippen LogP contribution is 2.32. The summed E-state index contributed by atoms with van der Waals surface area (Å²) in [7, 11) is 2.23. The Morgan fingerprint density at radius 2 is 2.06 bits per heavy atom. The van der Waals surface area contributed by atoms with Crippen LogP contribution in [0.3, 0.4) is 0 Å². The maximum atomic E-state index is 6.00. The van der Waals surface area contributed by atoms with Gasteiger partial charge in [-0.1, -0.05) is 24.6 Å². The maximum absolute atomic E-state index is 6.00. The van der Waals surface area contributed by atoms with Gasteiger partial charge in [0.2, 0.25) is 0 Å². The second-order valence-corrected chi connectivity index (χ2v) is 5.29. The summed E-state index contributed by atoms with van der Waals surface area (Å²) in [5.41, 5.74) is 10.2. The second kappa shape index (κ2) is 5.19. The van der Waals surface area contributed by atoms with Crippen molar-refractivity contribution in [3.63, 3.8) is 0 Å². The number of nitrogens with zero attached hydrogens (tertiary/aromatic N) is 1. The highest BCUT2D eigenvalue weighted by molar-refractivity contribution is 5.35. The Morgan fingerprint density at radius 3 is 2.59 bits per heavy atom. The molecule has 1 aliphatic rings. The van der Waals surface area contributed by atoms with Gasteiger partial charge in [-0.25, -0.2) is 0 Å². The number of aryl methyl sites for hydroxylation is 1. The van der Waals surface area contributed by atoms with Crippen molar-refractivity contribution in [3.8, 4) is 0 Å². The van der Waals surface area contributed by atoms with Gasteiger partial charge in [0.25, 0.3) is 0 Å². The number of nitrogens with two attached hydrogens (primary N) is 1. The molecule has 1 aliphatic carbocycles. The van der Waals surface area contributed by atoms with Crippen molar-refractivity contribution < 1.29 is 0 Å². The van der Waals surface area contributed by atoms with Gasteiger partial charge in [0, 0.05) is 18.6 Å². The van der Waals surface area contributed by atoms with Crippen molar-refractivity contribution in [2.75, 3.05) is 13.6 Å². The van der Waals surface area contributed by atoms with E-state index in [1.54, 1.807) is 0 Å². The van der Waals surface area contributed by atoms with E-state index in [4.69, 9.17) is 5.73 Å². The highest BCUT2D eigenvalue weighted by Gasteiger charge is 2.28. The van der Waals surface area contributed by atoms with Crippen LogP contribution in [0.4, 0.5) is 0 Å². The van der Waals surface area contributed by atoms with E-state index in [1.807, 2.05) is 0 Å². The minimum Gasteiger partial charge on any atom is -0.329 e. The molecule has 1 fully saturated rings. The number of hydrogen-bond acceptors (Lipinski definition) is 2. The van der Waals surface area contributed by atoms with Crippen LogP contribution in [0.15, 0.2) is 18.2 Å². The first-order valence-corrected chi connectivity index (χ1v) is 6.63. The first-order valence-electron chi connectivity index (χ1n) is 6.63. The third-order valence-corrected chi connectivity index (χ3v) is 4.37. The topological polar surface area (TPSA) is 29.3 Å². The molecule has 0 aromatic heterocycles. The Morgan fingerprint density at radius 1 is 1.35 bits per heavy atom. The monoisotopic (exact) mass is 232 g/mol. The summed E-state index contributed by atoms with van der Waals surface area (Å²) < 4.78 is 0. The number of benzene rings is 1. The summed E-state index contributed by atoms with van der Waals surface area (Å²) in [6.45, 7) is 5.09. The summed E-state index contributed by atoms with van der Waals surface area (Å²) in [4.78, 5) is 2.48. The smallest absolute Gasteiger partial charge is 0.0473 e. The van der Waals surface area contributed by atoms with Crippen LogP contribution in [0.2, 0.25) is 0 Å². The predicted molar refractivity (Wildman–Crippen MR) is 73.1 cm³/mol. The molecular formula is C15H24N2. The first kappa shape index (κ1) is 12.6. The average molecular weight is 232 g/mol. The van der Waals surface area contributed by atoms with Gasteiger partial charge in [-0.3, -0.25) is 4.90 Å². The fourth-order valence-electron chi connectivity index (χ4n) is 2.70. The predicted octanol–water partition coefficient (Wildman–Crippen LogP) is 2.79. The fraction of sp³-hybridized carbons (Fsp3) is 0.600. The fourth-order valence-corrected chi connectivity index (χ4v) is 2.70. The van der Waals surface area contributed by atoms with E-state index >= 15 is 0 Å². The Balaban J connectivity index is 2.24. The van der Waals surface area contributed by atoms with Crippen molar-refractivity contribution in [1.29, 1.82) is 0 Å². The Bertz CT molecular complexity index is 383. The van der Waals surface area contributed by atoms with E-state index in [0.29, 0.717) is 12.6 Å². The molecule has 1 unspecified atom stereocenters. The minimum absolute atomic E-state index is 0.375. The molecular weight excluding hydrogens is 208 g/mol. The highest BCUT2D eigenvalue weighted by atomic mass is 15.2. The molecule has 2 rings (SSSR count). The van der Waals surface area contributed by atoms with Gasteiger partial charge in [0.1, 0.15) is 0 Å². The van der Waals surface area contributed by atoms with Crippen molar-refractivity contribution in [2.45, 2.75) is 45.2 Å². The van der Waals surface area contributed by atoms with Crippen molar-refractivity contribution in [1.82, 2.24) is 4.90 Å². The van der Waals surface area contributed by atoms with Crippen molar-refractivity contribution in [2.24, 2.45) is 5.73 Å². The molecule has 0 heterocycles. The summed E-state index contributed by atoms with van der Waals surface area (Å²) in [5, 5.41) is 0. The third kappa shape index (κ3) is 2.38. The van der Waals surface area contributed by atoms with Crippen LogP contribution in [0.5, 0.6) is 0 Å². The van der Waals surface area contributed by atoms with Crippen molar-refractivity contribution >= 4 is 0 Å². The summed E-state index contributed by atoms with van der Waals surface area (Å²) >= 11 is 0. The van der Waals surface area contributed by atoms with E-state index in [9.17, 15) is 0 Å². The normalized spacial score (nSPS) is 18.2. The lowest BCUT2D eigenvalue weighted by Crippen LogP contribution is -2.42. The largest absolute Gasteiger partial charge is 0.329 e. The van der Waals surface area contributed by atoms with E-state index in [1.165, 1.54) is 36.0 Å². The molecule has 2 nitrogen and oxygen atoms in total. The summed E-state index contributed by atoms with van der Waals surface area (Å²) in [5.74, 6) is 0. The molecule has 0 spiro atoms. The summed E-state index contributed by atoms with van der Waals surface area (Å²) in [6, 6.07) is 7.67. The molecule has 1 aromatic rings. The first-order chi connectivity index (χ1) is 8.15. The van der Waals surface area contributed by atoms with Gasteiger partial charge >= 0.3 is 0 Å². The lowest BCUT2D eigenvalue weighted by molar-refractivity contribution is 0.113. The molecule has 0 saturated heterocycles. The number of hydrogen-bond donors (Lipinski definition) is 1. The zero-order chi connectivity index (χ0) is 12.4. The van der Waals surface area contributed by atoms with Gasteiger partial charge < -0.3 is 5.73 Å². The van der Waals surface area contributed by atoms with E-state index in [0.717, 1.165) is 6.04 Å². The van der Waals surface area contributed by atoms with Crippen LogP contribution in [0.25, 0.3) is 0 Å². The molecule has 0 radical (unpaired) electrons. The summed E-state index contributed by atoms with van der Waals surface area (Å²) in [6.07, 6.45) is 4.04. The minimum atomic E-state index is 0.375. The Hall–Kier alpha value is -0.860. The van der Waals surface area contributed by atoms with Gasteiger partial charge in [0.15, 0.2) is 0 Å². The van der Waals surface area contributed by atoms with Crippen molar-refractivity contribution in [3.05, 3.63) is 34.9 Å². The standard InChI is InChI=1S/C15H24N2/c1-11-6-4-9-14(12(11)2)15(10-16)17(3)13-7-5-8-13/h4,6,9,13,15H,5,7-8,10,16H2,1-3H3. The lowest BCUT2D eigenvalue weighted by atomic mass is 9.88. The van der Waals surface area contributed by atoms with Gasteiger partial charge in [-0.15, -0.1) is 0 Å². The number of rotatable bonds is 4. The molecule has 2 heteroatoms. The molecule has 0 aliphatic heterocycles. The van der Waals surface area contributed by atoms with Gasteiger partial charge in [-0.2, -0.15) is 0 Å². The quantitative estimate of drug-likeness (QED) is 0.865. The maximum Gasteiger partial charge on any atom is 0.0473 e. The van der Waals surface area contributed by atoms with Crippen LogP contribution < -0.4 is 5.73 Å².